The molecule has 0 amide bonds. The Balaban J connectivity index is 3.06. The third-order valence-electron chi connectivity index (χ3n) is 1.76. The van der Waals surface area contributed by atoms with Crippen LogP contribution in [-0.2, 0) is 16.0 Å². The fraction of sp³-hybridized carbons (Fsp3) is 0.222. The number of aromatic nitrogens is 1. The molecule has 1 aromatic rings. The van der Waals surface area contributed by atoms with Crippen molar-refractivity contribution in [2.75, 3.05) is 12.8 Å². The maximum absolute atomic E-state index is 11.0. The van der Waals surface area contributed by atoms with Crippen molar-refractivity contribution in [3.05, 3.63) is 23.4 Å². The first kappa shape index (κ1) is 9.99. The number of hydrogen-bond donors (Lipinski definition) is 1. The molecule has 0 atom stereocenters. The number of carbonyl (C=O) groups excluding carboxylic acids is 1. The van der Waals surface area contributed by atoms with E-state index in [-0.39, 0.29) is 12.2 Å². The van der Waals surface area contributed by atoms with Gasteiger partial charge in [-0.2, -0.15) is 5.26 Å². The number of methoxy groups -OCH3 is 1. The van der Waals surface area contributed by atoms with Gasteiger partial charge in [0, 0.05) is 11.8 Å². The van der Waals surface area contributed by atoms with Crippen LogP contribution in [0.1, 0.15) is 11.1 Å². The van der Waals surface area contributed by atoms with Crippen LogP contribution in [-0.4, -0.2) is 18.1 Å². The third kappa shape index (κ3) is 1.98. The molecule has 0 unspecified atom stereocenters. The minimum atomic E-state index is -0.443. The van der Waals surface area contributed by atoms with Crippen LogP contribution >= 0.6 is 0 Å². The van der Waals surface area contributed by atoms with Crippen molar-refractivity contribution in [2.24, 2.45) is 0 Å². The molecule has 0 saturated heterocycles. The van der Waals surface area contributed by atoms with Crippen LogP contribution in [0.15, 0.2) is 12.3 Å². The van der Waals surface area contributed by atoms with E-state index in [2.05, 4.69) is 9.72 Å². The van der Waals surface area contributed by atoms with Crippen molar-refractivity contribution in [1.29, 1.82) is 5.26 Å². The van der Waals surface area contributed by atoms with Gasteiger partial charge in [0.25, 0.3) is 0 Å². The highest BCUT2D eigenvalue weighted by Crippen LogP contribution is 2.14. The number of nitrogens with two attached hydrogens (primary N) is 1. The molecule has 5 nitrogen and oxygen atoms in total. The van der Waals surface area contributed by atoms with Gasteiger partial charge in [0.2, 0.25) is 0 Å². The van der Waals surface area contributed by atoms with E-state index in [1.165, 1.54) is 19.4 Å². The Morgan fingerprint density at radius 1 is 1.79 bits per heavy atom. The predicted molar refractivity (Wildman–Crippen MR) is 49.1 cm³/mol. The van der Waals surface area contributed by atoms with E-state index in [0.717, 1.165) is 0 Å². The Hall–Kier alpha value is -2.09. The van der Waals surface area contributed by atoms with Crippen LogP contribution in [0.4, 0.5) is 5.82 Å². The van der Waals surface area contributed by atoms with Crippen molar-refractivity contribution in [2.45, 2.75) is 6.42 Å². The second-order valence-electron chi connectivity index (χ2n) is 2.59. The Labute approximate surface area is 81.1 Å². The van der Waals surface area contributed by atoms with Crippen molar-refractivity contribution in [3.63, 3.8) is 0 Å². The standard InChI is InChI=1S/C9H9N3O2/c1-14-8(13)4-7-6(5-10)2-3-12-9(7)11/h2-3H,4H2,1H3,(H2,11,12). The Kier molecular flexibility index (Phi) is 3.02. The van der Waals surface area contributed by atoms with Gasteiger partial charge in [-0.1, -0.05) is 0 Å². The van der Waals surface area contributed by atoms with Gasteiger partial charge in [0.15, 0.2) is 0 Å². The summed E-state index contributed by atoms with van der Waals surface area (Å²) in [6.07, 6.45) is 1.40. The topological polar surface area (TPSA) is 89.0 Å². The molecule has 0 fully saturated rings. The number of nitriles is 1. The van der Waals surface area contributed by atoms with Crippen LogP contribution in [0.25, 0.3) is 0 Å². The molecule has 0 saturated carbocycles. The smallest absolute Gasteiger partial charge is 0.310 e. The summed E-state index contributed by atoms with van der Waals surface area (Å²) in [6.45, 7) is 0. The number of nitrogens with zero attached hydrogens (tertiary/aromatic N) is 2. The number of ether oxygens (including phenoxy) is 1. The van der Waals surface area contributed by atoms with Gasteiger partial charge in [0.05, 0.1) is 25.2 Å². The van der Waals surface area contributed by atoms with E-state index in [1.54, 1.807) is 0 Å². The van der Waals surface area contributed by atoms with E-state index >= 15 is 0 Å². The third-order valence-corrected chi connectivity index (χ3v) is 1.76. The van der Waals surface area contributed by atoms with E-state index in [9.17, 15) is 4.79 Å². The van der Waals surface area contributed by atoms with Gasteiger partial charge in [0.1, 0.15) is 5.82 Å². The maximum Gasteiger partial charge on any atom is 0.310 e. The largest absolute Gasteiger partial charge is 0.469 e. The van der Waals surface area contributed by atoms with Crippen molar-refractivity contribution >= 4 is 11.8 Å². The summed E-state index contributed by atoms with van der Waals surface area (Å²) >= 11 is 0. The monoisotopic (exact) mass is 191 g/mol. The molecular weight excluding hydrogens is 182 g/mol. The lowest BCUT2D eigenvalue weighted by Gasteiger charge is -2.04. The van der Waals surface area contributed by atoms with Gasteiger partial charge in [-0.15, -0.1) is 0 Å². The van der Waals surface area contributed by atoms with Crippen molar-refractivity contribution < 1.29 is 9.53 Å². The first-order chi connectivity index (χ1) is 6.69. The number of hydrogen-bond acceptors (Lipinski definition) is 5. The number of anilines is 1. The molecule has 0 spiro atoms. The van der Waals surface area contributed by atoms with E-state index in [4.69, 9.17) is 11.0 Å². The molecule has 1 heterocycles. The molecule has 0 aromatic carbocycles. The molecule has 72 valence electrons. The lowest BCUT2D eigenvalue weighted by Crippen LogP contribution is -2.09. The Bertz CT molecular complexity index is 396. The van der Waals surface area contributed by atoms with Crippen LogP contribution in [0.2, 0.25) is 0 Å². The SMILES string of the molecule is COC(=O)Cc1c(C#N)ccnc1N. The number of nitrogen functional groups attached to an aromatic ring is 1. The molecule has 0 radical (unpaired) electrons. The van der Waals surface area contributed by atoms with Crippen LogP contribution in [0.3, 0.4) is 0 Å². The van der Waals surface area contributed by atoms with E-state index < -0.39 is 5.97 Å². The molecular formula is C9H9N3O2. The summed E-state index contributed by atoms with van der Waals surface area (Å²) in [6, 6.07) is 3.45. The average Bonchev–Trinajstić information content (AvgIpc) is 2.20. The predicted octanol–water partition coefficient (Wildman–Crippen LogP) is 0.251. The maximum atomic E-state index is 11.0. The van der Waals surface area contributed by atoms with Gasteiger partial charge in [-0.3, -0.25) is 4.79 Å². The van der Waals surface area contributed by atoms with Crippen molar-refractivity contribution in [3.8, 4) is 6.07 Å². The summed E-state index contributed by atoms with van der Waals surface area (Å²) in [7, 11) is 1.28. The van der Waals surface area contributed by atoms with E-state index in [0.29, 0.717) is 11.1 Å². The number of esters is 1. The summed E-state index contributed by atoms with van der Waals surface area (Å²) in [5.41, 5.74) is 6.30. The lowest BCUT2D eigenvalue weighted by molar-refractivity contribution is -0.139. The Morgan fingerprint density at radius 2 is 2.50 bits per heavy atom. The van der Waals surface area contributed by atoms with E-state index in [1.807, 2.05) is 6.07 Å². The molecule has 0 aliphatic heterocycles. The molecule has 0 bridgehead atoms. The fourth-order valence-corrected chi connectivity index (χ4v) is 1.02. The quantitative estimate of drug-likeness (QED) is 0.677. The molecule has 0 aliphatic rings. The van der Waals surface area contributed by atoms with Crippen LogP contribution in [0, 0.1) is 11.3 Å². The van der Waals surface area contributed by atoms with Gasteiger partial charge in [-0.25, -0.2) is 4.98 Å². The summed E-state index contributed by atoms with van der Waals surface area (Å²) < 4.78 is 4.48. The molecule has 14 heavy (non-hydrogen) atoms. The van der Waals surface area contributed by atoms with Gasteiger partial charge < -0.3 is 10.5 Å². The molecule has 1 aromatic heterocycles. The summed E-state index contributed by atoms with van der Waals surface area (Å²) in [4.78, 5) is 14.8. The minimum absolute atomic E-state index is 0.0287. The average molecular weight is 191 g/mol. The zero-order valence-corrected chi connectivity index (χ0v) is 7.65. The van der Waals surface area contributed by atoms with Gasteiger partial charge in [-0.05, 0) is 6.07 Å². The lowest BCUT2D eigenvalue weighted by atomic mass is 10.1. The normalized spacial score (nSPS) is 9.14. The van der Waals surface area contributed by atoms with Crippen LogP contribution in [0.5, 0.6) is 0 Å². The number of carbonyl (C=O) groups is 1. The molecule has 0 aliphatic carbocycles. The highest BCUT2D eigenvalue weighted by atomic mass is 16.5. The van der Waals surface area contributed by atoms with Crippen molar-refractivity contribution in [1.82, 2.24) is 4.98 Å². The zero-order chi connectivity index (χ0) is 10.6. The summed E-state index contributed by atoms with van der Waals surface area (Å²) in [5, 5.41) is 8.74. The highest BCUT2D eigenvalue weighted by molar-refractivity contribution is 5.75. The molecule has 5 heteroatoms. The van der Waals surface area contributed by atoms with Crippen LogP contribution < -0.4 is 5.73 Å². The number of pyridine rings is 1. The molecule has 1 rings (SSSR count). The first-order valence-corrected chi connectivity index (χ1v) is 3.89. The highest BCUT2D eigenvalue weighted by Gasteiger charge is 2.11. The second-order valence-corrected chi connectivity index (χ2v) is 2.59. The minimum Gasteiger partial charge on any atom is -0.469 e. The summed E-state index contributed by atoms with van der Waals surface area (Å²) in [5.74, 6) is -0.254. The fourth-order valence-electron chi connectivity index (χ4n) is 1.02. The number of rotatable bonds is 2. The Morgan fingerprint density at radius 3 is 3.07 bits per heavy atom. The van der Waals surface area contributed by atoms with Gasteiger partial charge >= 0.3 is 5.97 Å². The second kappa shape index (κ2) is 4.23. The molecule has 2 N–H and O–H groups in total. The first-order valence-electron chi connectivity index (χ1n) is 3.89. The zero-order valence-electron chi connectivity index (χ0n) is 7.65.